The van der Waals surface area contributed by atoms with Crippen LogP contribution in [0.5, 0.6) is 5.75 Å². The number of benzene rings is 2. The minimum Gasteiger partial charge on any atom is -0.423 e. The highest BCUT2D eigenvalue weighted by Crippen LogP contribution is 2.27. The normalized spacial score (nSPS) is 12.6. The Bertz CT molecular complexity index is 775. The van der Waals surface area contributed by atoms with Gasteiger partial charge in [-0.15, -0.1) is 0 Å². The predicted molar refractivity (Wildman–Crippen MR) is 110 cm³/mol. The third-order valence-corrected chi connectivity index (χ3v) is 5.28. The molecule has 3 nitrogen and oxygen atoms in total. The van der Waals surface area contributed by atoms with E-state index in [1.165, 1.54) is 5.56 Å². The van der Waals surface area contributed by atoms with E-state index in [1.54, 1.807) is 0 Å². The fourth-order valence-corrected chi connectivity index (χ4v) is 3.05. The molecule has 0 heterocycles. The minimum absolute atomic E-state index is 0.325. The van der Waals surface area contributed by atoms with Crippen LogP contribution in [-0.4, -0.2) is 25.0 Å². The standard InChI is InChI=1S/C23H31NO2/c1-7-18(8-2)13-16(3)23(25)26-22-12-11-20-14-19(17(4)24(5)6)9-10-21(20)15-22/h9-12,14-15,17-18H,3,7-8,13H2,1-2,4-6H3. The molecule has 0 aromatic heterocycles. The van der Waals surface area contributed by atoms with E-state index in [-0.39, 0.29) is 5.97 Å². The molecule has 0 N–H and O–H groups in total. The molecule has 0 aliphatic rings. The van der Waals surface area contributed by atoms with Crippen molar-refractivity contribution < 1.29 is 9.53 Å². The summed E-state index contributed by atoms with van der Waals surface area (Å²) in [6.07, 6.45) is 2.80. The van der Waals surface area contributed by atoms with Gasteiger partial charge in [0.25, 0.3) is 0 Å². The number of hydrogen-bond donors (Lipinski definition) is 0. The van der Waals surface area contributed by atoms with E-state index in [0.29, 0.717) is 29.7 Å². The Balaban J connectivity index is 2.12. The fraction of sp³-hybridized carbons (Fsp3) is 0.435. The maximum absolute atomic E-state index is 12.3. The maximum Gasteiger partial charge on any atom is 0.338 e. The van der Waals surface area contributed by atoms with Crippen molar-refractivity contribution in [2.45, 2.75) is 46.1 Å². The van der Waals surface area contributed by atoms with Crippen LogP contribution in [-0.2, 0) is 4.79 Å². The van der Waals surface area contributed by atoms with E-state index in [4.69, 9.17) is 4.74 Å². The monoisotopic (exact) mass is 353 g/mol. The van der Waals surface area contributed by atoms with Gasteiger partial charge in [-0.2, -0.15) is 0 Å². The summed E-state index contributed by atoms with van der Waals surface area (Å²) in [6.45, 7) is 10.4. The molecule has 140 valence electrons. The number of esters is 1. The lowest BCUT2D eigenvalue weighted by Gasteiger charge is -2.20. The van der Waals surface area contributed by atoms with Gasteiger partial charge in [0, 0.05) is 11.6 Å². The van der Waals surface area contributed by atoms with E-state index in [1.807, 2.05) is 18.2 Å². The van der Waals surface area contributed by atoms with Crippen LogP contribution in [0.1, 0.15) is 51.6 Å². The van der Waals surface area contributed by atoms with Gasteiger partial charge in [0.15, 0.2) is 0 Å². The van der Waals surface area contributed by atoms with Crippen molar-refractivity contribution in [2.75, 3.05) is 14.1 Å². The fourth-order valence-electron chi connectivity index (χ4n) is 3.05. The van der Waals surface area contributed by atoms with Crippen molar-refractivity contribution in [1.82, 2.24) is 4.90 Å². The van der Waals surface area contributed by atoms with Crippen LogP contribution >= 0.6 is 0 Å². The number of ether oxygens (including phenoxy) is 1. The molecule has 0 aliphatic heterocycles. The molecule has 1 atom stereocenters. The van der Waals surface area contributed by atoms with E-state index >= 15 is 0 Å². The molecule has 0 spiro atoms. The molecule has 0 amide bonds. The second-order valence-electron chi connectivity index (χ2n) is 7.29. The van der Waals surface area contributed by atoms with Crippen molar-refractivity contribution in [1.29, 1.82) is 0 Å². The quantitative estimate of drug-likeness (QED) is 0.344. The smallest absolute Gasteiger partial charge is 0.338 e. The Labute approximate surface area is 157 Å². The zero-order valence-corrected chi connectivity index (χ0v) is 16.7. The third kappa shape index (κ3) is 4.95. The van der Waals surface area contributed by atoms with Crippen LogP contribution in [0.3, 0.4) is 0 Å². The highest BCUT2D eigenvalue weighted by molar-refractivity contribution is 5.91. The van der Waals surface area contributed by atoms with E-state index < -0.39 is 0 Å². The molecule has 0 saturated heterocycles. The zero-order valence-electron chi connectivity index (χ0n) is 16.7. The summed E-state index contributed by atoms with van der Waals surface area (Å²) in [6, 6.07) is 12.5. The SMILES string of the molecule is C=C(CC(CC)CC)C(=O)Oc1ccc2cc(C(C)N(C)C)ccc2c1. The summed E-state index contributed by atoms with van der Waals surface area (Å²) >= 11 is 0. The van der Waals surface area contributed by atoms with E-state index in [0.717, 1.165) is 23.6 Å². The second-order valence-corrected chi connectivity index (χ2v) is 7.29. The molecule has 2 aromatic rings. The first-order chi connectivity index (χ1) is 12.3. The first-order valence-electron chi connectivity index (χ1n) is 9.45. The van der Waals surface area contributed by atoms with Gasteiger partial charge in [-0.05, 0) is 67.9 Å². The molecule has 0 fully saturated rings. The number of nitrogens with zero attached hydrogens (tertiary/aromatic N) is 1. The number of carbonyl (C=O) groups is 1. The van der Waals surface area contributed by atoms with Gasteiger partial charge < -0.3 is 9.64 Å². The van der Waals surface area contributed by atoms with Crippen LogP contribution in [0.25, 0.3) is 10.8 Å². The first-order valence-corrected chi connectivity index (χ1v) is 9.45. The molecule has 0 aliphatic carbocycles. The van der Waals surface area contributed by atoms with Crippen molar-refractivity contribution in [2.24, 2.45) is 5.92 Å². The Morgan fingerprint density at radius 1 is 1.08 bits per heavy atom. The average molecular weight is 354 g/mol. The summed E-state index contributed by atoms with van der Waals surface area (Å²) in [4.78, 5) is 14.5. The second kappa shape index (κ2) is 9.00. The molecule has 2 rings (SSSR count). The van der Waals surface area contributed by atoms with Crippen LogP contribution in [0, 0.1) is 5.92 Å². The van der Waals surface area contributed by atoms with Gasteiger partial charge >= 0.3 is 5.97 Å². The van der Waals surface area contributed by atoms with Gasteiger partial charge in [-0.1, -0.05) is 51.5 Å². The molecule has 26 heavy (non-hydrogen) atoms. The summed E-state index contributed by atoms with van der Waals surface area (Å²) in [5.74, 6) is 0.736. The summed E-state index contributed by atoms with van der Waals surface area (Å²) in [5, 5.41) is 2.21. The lowest BCUT2D eigenvalue weighted by molar-refractivity contribution is -0.130. The Morgan fingerprint density at radius 3 is 2.31 bits per heavy atom. The maximum atomic E-state index is 12.3. The Morgan fingerprint density at radius 2 is 1.69 bits per heavy atom. The topological polar surface area (TPSA) is 29.5 Å². The number of hydrogen-bond acceptors (Lipinski definition) is 3. The summed E-state index contributed by atoms with van der Waals surface area (Å²) in [7, 11) is 4.15. The van der Waals surface area contributed by atoms with Crippen molar-refractivity contribution in [3.8, 4) is 5.75 Å². The van der Waals surface area contributed by atoms with Gasteiger partial charge in [-0.25, -0.2) is 4.79 Å². The first kappa shape index (κ1) is 20.2. The molecule has 0 saturated carbocycles. The van der Waals surface area contributed by atoms with Crippen LogP contribution in [0.4, 0.5) is 0 Å². The van der Waals surface area contributed by atoms with Crippen LogP contribution in [0.15, 0.2) is 48.6 Å². The minimum atomic E-state index is -0.325. The van der Waals surface area contributed by atoms with Gasteiger partial charge in [0.05, 0.1) is 0 Å². The molecule has 3 heteroatoms. The molecule has 0 radical (unpaired) electrons. The van der Waals surface area contributed by atoms with Crippen molar-refractivity contribution >= 4 is 16.7 Å². The van der Waals surface area contributed by atoms with Gasteiger partial charge in [0.2, 0.25) is 0 Å². The average Bonchev–Trinajstić information content (AvgIpc) is 2.64. The van der Waals surface area contributed by atoms with E-state index in [2.05, 4.69) is 64.5 Å². The van der Waals surface area contributed by atoms with Crippen molar-refractivity contribution in [3.63, 3.8) is 0 Å². The highest BCUT2D eigenvalue weighted by atomic mass is 16.5. The molecule has 0 bridgehead atoms. The number of rotatable bonds is 8. The molecular weight excluding hydrogens is 322 g/mol. The van der Waals surface area contributed by atoms with Crippen molar-refractivity contribution in [3.05, 3.63) is 54.1 Å². The Hall–Kier alpha value is -2.13. The number of carbonyl (C=O) groups excluding carboxylic acids is 1. The molecular formula is C23H31NO2. The lowest BCUT2D eigenvalue weighted by atomic mass is 9.95. The van der Waals surface area contributed by atoms with Crippen LogP contribution in [0.2, 0.25) is 0 Å². The molecule has 1 unspecified atom stereocenters. The zero-order chi connectivity index (χ0) is 19.3. The summed E-state index contributed by atoms with van der Waals surface area (Å²) in [5.41, 5.74) is 1.82. The predicted octanol–water partition coefficient (Wildman–Crippen LogP) is 5.75. The number of fused-ring (bicyclic) bond motifs is 1. The van der Waals surface area contributed by atoms with E-state index in [9.17, 15) is 4.79 Å². The highest BCUT2D eigenvalue weighted by Gasteiger charge is 2.15. The molecule has 2 aromatic carbocycles. The largest absolute Gasteiger partial charge is 0.423 e. The summed E-state index contributed by atoms with van der Waals surface area (Å²) < 4.78 is 5.54. The Kier molecular flexibility index (Phi) is 6.98. The van der Waals surface area contributed by atoms with Crippen LogP contribution < -0.4 is 4.74 Å². The third-order valence-electron chi connectivity index (χ3n) is 5.28. The lowest BCUT2D eigenvalue weighted by Crippen LogP contribution is -2.16. The van der Waals surface area contributed by atoms with Gasteiger partial charge in [0.1, 0.15) is 5.75 Å². The van der Waals surface area contributed by atoms with Gasteiger partial charge in [-0.3, -0.25) is 0 Å².